The number of urea groups is 1. The summed E-state index contributed by atoms with van der Waals surface area (Å²) in [6.07, 6.45) is 3.39. The molecule has 6 nitrogen and oxygen atoms in total. The Hall–Kier alpha value is -1.77. The molecule has 1 N–H and O–H groups in total. The molecule has 0 atom stereocenters. The standard InChI is InChI=1S/C13H19N3O3/c14-9-10-3-6-15(7-4-10)13(19)16(11-1-2-11)8-5-12(17)18/h10-11H,1-8H2,(H,17,18). The molecule has 104 valence electrons. The highest BCUT2D eigenvalue weighted by Gasteiger charge is 2.35. The molecule has 0 aromatic rings. The Morgan fingerprint density at radius 2 is 1.89 bits per heavy atom. The zero-order chi connectivity index (χ0) is 13.8. The van der Waals surface area contributed by atoms with E-state index >= 15 is 0 Å². The minimum absolute atomic E-state index is 0.00307. The maximum absolute atomic E-state index is 12.4. The van der Waals surface area contributed by atoms with E-state index in [4.69, 9.17) is 10.4 Å². The Morgan fingerprint density at radius 1 is 1.26 bits per heavy atom. The van der Waals surface area contributed by atoms with Crippen LogP contribution in [0.4, 0.5) is 4.79 Å². The summed E-state index contributed by atoms with van der Waals surface area (Å²) < 4.78 is 0. The maximum atomic E-state index is 12.4. The minimum Gasteiger partial charge on any atom is -0.481 e. The van der Waals surface area contributed by atoms with Gasteiger partial charge in [-0.05, 0) is 25.7 Å². The van der Waals surface area contributed by atoms with Crippen LogP contribution in [0.1, 0.15) is 32.1 Å². The predicted molar refractivity (Wildman–Crippen MR) is 67.3 cm³/mol. The number of piperidine rings is 1. The molecule has 1 heterocycles. The van der Waals surface area contributed by atoms with E-state index in [2.05, 4.69) is 6.07 Å². The number of hydrogen-bond donors (Lipinski definition) is 1. The van der Waals surface area contributed by atoms with Gasteiger partial charge >= 0.3 is 12.0 Å². The molecule has 1 aliphatic heterocycles. The van der Waals surface area contributed by atoms with Gasteiger partial charge in [-0.15, -0.1) is 0 Å². The molecule has 0 bridgehead atoms. The number of rotatable bonds is 4. The third-order valence-corrected chi connectivity index (χ3v) is 3.75. The van der Waals surface area contributed by atoms with Crippen molar-refractivity contribution in [3.63, 3.8) is 0 Å². The smallest absolute Gasteiger partial charge is 0.320 e. The van der Waals surface area contributed by atoms with Gasteiger partial charge in [0.25, 0.3) is 0 Å². The van der Waals surface area contributed by atoms with Gasteiger partial charge in [-0.2, -0.15) is 5.26 Å². The monoisotopic (exact) mass is 265 g/mol. The highest BCUT2D eigenvalue weighted by Crippen LogP contribution is 2.29. The van der Waals surface area contributed by atoms with Crippen LogP contribution in [-0.4, -0.2) is 52.6 Å². The van der Waals surface area contributed by atoms with Gasteiger partial charge in [0.15, 0.2) is 0 Å². The first-order valence-corrected chi connectivity index (χ1v) is 6.78. The average molecular weight is 265 g/mol. The molecule has 2 aliphatic rings. The van der Waals surface area contributed by atoms with Gasteiger partial charge in [0.1, 0.15) is 0 Å². The Bertz CT molecular complexity index is 392. The first-order valence-electron chi connectivity index (χ1n) is 6.78. The number of hydrogen-bond acceptors (Lipinski definition) is 3. The van der Waals surface area contributed by atoms with Crippen LogP contribution in [0.5, 0.6) is 0 Å². The molecular formula is C13H19N3O3. The van der Waals surface area contributed by atoms with E-state index in [1.54, 1.807) is 9.80 Å². The molecule has 19 heavy (non-hydrogen) atoms. The third kappa shape index (κ3) is 3.60. The fraction of sp³-hybridized carbons (Fsp3) is 0.769. The van der Waals surface area contributed by atoms with E-state index in [9.17, 15) is 9.59 Å². The zero-order valence-electron chi connectivity index (χ0n) is 10.9. The fourth-order valence-corrected chi connectivity index (χ4v) is 2.42. The third-order valence-electron chi connectivity index (χ3n) is 3.75. The lowest BCUT2D eigenvalue weighted by molar-refractivity contribution is -0.137. The molecule has 2 rings (SSSR count). The van der Waals surface area contributed by atoms with Gasteiger partial charge in [-0.3, -0.25) is 4.79 Å². The molecule has 2 fully saturated rings. The highest BCUT2D eigenvalue weighted by molar-refractivity contribution is 5.76. The molecule has 6 heteroatoms. The minimum atomic E-state index is -0.873. The number of carboxylic acids is 1. The summed E-state index contributed by atoms with van der Waals surface area (Å²) in [5.74, 6) is -0.820. The molecular weight excluding hydrogens is 246 g/mol. The summed E-state index contributed by atoms with van der Waals surface area (Å²) in [4.78, 5) is 26.5. The molecule has 0 aromatic heterocycles. The number of nitrogens with zero attached hydrogens (tertiary/aromatic N) is 3. The summed E-state index contributed by atoms with van der Waals surface area (Å²) in [5, 5.41) is 17.6. The summed E-state index contributed by atoms with van der Waals surface area (Å²) in [7, 11) is 0. The van der Waals surface area contributed by atoms with E-state index < -0.39 is 5.97 Å². The lowest BCUT2D eigenvalue weighted by Crippen LogP contribution is -2.48. The summed E-state index contributed by atoms with van der Waals surface area (Å²) in [6.45, 7) is 1.50. The SMILES string of the molecule is N#CC1CCN(C(=O)N(CCC(=O)O)C2CC2)CC1. The second kappa shape index (κ2) is 5.91. The Kier molecular flexibility index (Phi) is 4.25. The molecule has 0 radical (unpaired) electrons. The zero-order valence-corrected chi connectivity index (χ0v) is 10.9. The second-order valence-corrected chi connectivity index (χ2v) is 5.24. The number of amides is 2. The topological polar surface area (TPSA) is 84.6 Å². The van der Waals surface area contributed by atoms with Crippen LogP contribution < -0.4 is 0 Å². The number of nitriles is 1. The van der Waals surface area contributed by atoms with Crippen LogP contribution in [0, 0.1) is 17.2 Å². The van der Waals surface area contributed by atoms with Crippen LogP contribution >= 0.6 is 0 Å². The summed E-state index contributed by atoms with van der Waals surface area (Å²) >= 11 is 0. The van der Waals surface area contributed by atoms with E-state index in [1.165, 1.54) is 0 Å². The van der Waals surface area contributed by atoms with Crippen molar-refractivity contribution in [2.75, 3.05) is 19.6 Å². The van der Waals surface area contributed by atoms with Crippen molar-refractivity contribution in [2.24, 2.45) is 5.92 Å². The van der Waals surface area contributed by atoms with E-state index in [-0.39, 0.29) is 31.0 Å². The summed E-state index contributed by atoms with van der Waals surface area (Å²) in [5.41, 5.74) is 0. The number of aliphatic carboxylic acids is 1. The van der Waals surface area contributed by atoms with E-state index in [0.717, 1.165) is 25.7 Å². The van der Waals surface area contributed by atoms with Gasteiger partial charge in [-0.25, -0.2) is 4.79 Å². The largest absolute Gasteiger partial charge is 0.481 e. The molecule has 0 unspecified atom stereocenters. The number of carboxylic acid groups (broad SMARTS) is 1. The normalized spacial score (nSPS) is 19.8. The lowest BCUT2D eigenvalue weighted by atomic mass is 9.99. The lowest BCUT2D eigenvalue weighted by Gasteiger charge is -2.34. The van der Waals surface area contributed by atoms with Gasteiger partial charge in [0.05, 0.1) is 12.5 Å². The average Bonchev–Trinajstić information content (AvgIpc) is 3.23. The van der Waals surface area contributed by atoms with Crippen LogP contribution in [0.15, 0.2) is 0 Å². The van der Waals surface area contributed by atoms with Crippen LogP contribution in [0.3, 0.4) is 0 Å². The first kappa shape index (κ1) is 13.7. The van der Waals surface area contributed by atoms with Crippen molar-refractivity contribution in [2.45, 2.75) is 38.1 Å². The Labute approximate surface area is 112 Å². The van der Waals surface area contributed by atoms with Gasteiger partial charge < -0.3 is 14.9 Å². The highest BCUT2D eigenvalue weighted by atomic mass is 16.4. The van der Waals surface area contributed by atoms with Crippen LogP contribution in [0.25, 0.3) is 0 Å². The van der Waals surface area contributed by atoms with Gasteiger partial charge in [0.2, 0.25) is 0 Å². The van der Waals surface area contributed by atoms with Crippen molar-refractivity contribution < 1.29 is 14.7 Å². The number of likely N-dealkylation sites (tertiary alicyclic amines) is 1. The van der Waals surface area contributed by atoms with E-state index in [0.29, 0.717) is 13.1 Å². The number of carbonyl (C=O) groups excluding carboxylic acids is 1. The van der Waals surface area contributed by atoms with Crippen molar-refractivity contribution in [1.29, 1.82) is 5.26 Å². The van der Waals surface area contributed by atoms with Gasteiger partial charge in [-0.1, -0.05) is 0 Å². The quantitative estimate of drug-likeness (QED) is 0.829. The maximum Gasteiger partial charge on any atom is 0.320 e. The number of carbonyl (C=O) groups is 2. The first-order chi connectivity index (χ1) is 9.11. The van der Waals surface area contributed by atoms with Crippen molar-refractivity contribution in [1.82, 2.24) is 9.80 Å². The van der Waals surface area contributed by atoms with Crippen LogP contribution in [0.2, 0.25) is 0 Å². The predicted octanol–water partition coefficient (Wildman–Crippen LogP) is 1.28. The molecule has 0 aromatic carbocycles. The Balaban J connectivity index is 1.89. The molecule has 1 aliphatic carbocycles. The second-order valence-electron chi connectivity index (χ2n) is 5.24. The Morgan fingerprint density at radius 3 is 2.37 bits per heavy atom. The summed E-state index contributed by atoms with van der Waals surface area (Å²) in [6, 6.07) is 2.41. The van der Waals surface area contributed by atoms with Crippen LogP contribution in [-0.2, 0) is 4.79 Å². The van der Waals surface area contributed by atoms with E-state index in [1.807, 2.05) is 0 Å². The molecule has 2 amide bonds. The molecule has 1 saturated heterocycles. The fourth-order valence-electron chi connectivity index (χ4n) is 2.42. The van der Waals surface area contributed by atoms with Gasteiger partial charge in [0, 0.05) is 31.6 Å². The molecule has 0 spiro atoms. The molecule has 1 saturated carbocycles. The van der Waals surface area contributed by atoms with Crippen molar-refractivity contribution in [3.8, 4) is 6.07 Å². The van der Waals surface area contributed by atoms with Crippen molar-refractivity contribution in [3.05, 3.63) is 0 Å². The van der Waals surface area contributed by atoms with Crippen molar-refractivity contribution >= 4 is 12.0 Å².